The number of ether oxygens (including phenoxy) is 6. The molecule has 16 nitrogen and oxygen atoms in total. The van der Waals surface area contributed by atoms with E-state index in [1.807, 2.05) is 0 Å². The van der Waals surface area contributed by atoms with Gasteiger partial charge in [0.15, 0.2) is 28.8 Å². The molecule has 4 aromatic carbocycles. The van der Waals surface area contributed by atoms with Crippen molar-refractivity contribution in [2.45, 2.75) is 18.8 Å². The second-order valence-corrected chi connectivity index (χ2v) is 11.2. The Morgan fingerprint density at radius 3 is 2.09 bits per heavy atom. The van der Waals surface area contributed by atoms with Crippen LogP contribution < -0.4 is 18.9 Å². The van der Waals surface area contributed by atoms with Crippen LogP contribution in [0.5, 0.6) is 23.0 Å². The monoisotopic (exact) mass is 726 g/mol. The van der Waals surface area contributed by atoms with Crippen LogP contribution in [0.1, 0.15) is 50.6 Å². The fourth-order valence-corrected chi connectivity index (χ4v) is 5.49. The number of carbonyl (C=O) groups excluding carboxylic acids is 4. The number of nitrogens with zero attached hydrogens (tertiary/aromatic N) is 2. The molecule has 6 rings (SSSR count). The Hall–Kier alpha value is -7.10. The lowest BCUT2D eigenvalue weighted by Crippen LogP contribution is -2.19. The van der Waals surface area contributed by atoms with E-state index in [0.29, 0.717) is 34.8 Å². The summed E-state index contributed by atoms with van der Waals surface area (Å²) in [6, 6.07) is 18.1. The van der Waals surface area contributed by atoms with Crippen molar-refractivity contribution < 1.29 is 57.4 Å². The maximum absolute atomic E-state index is 12.8. The highest BCUT2D eigenvalue weighted by molar-refractivity contribution is 6.07. The molecule has 16 heteroatoms. The summed E-state index contributed by atoms with van der Waals surface area (Å²) in [5.41, 5.74) is 1.21. The summed E-state index contributed by atoms with van der Waals surface area (Å²) in [4.78, 5) is 69.4. The molecular weight excluding hydrogens is 696 g/mol. The summed E-state index contributed by atoms with van der Waals surface area (Å²) < 4.78 is 30.9. The van der Waals surface area contributed by atoms with Crippen LogP contribution in [-0.4, -0.2) is 61.7 Å². The largest absolute Gasteiger partial charge is 0.469 e. The molecule has 2 heterocycles. The molecule has 0 bridgehead atoms. The van der Waals surface area contributed by atoms with Crippen molar-refractivity contribution in [3.8, 4) is 34.1 Å². The molecule has 1 atom stereocenters. The summed E-state index contributed by atoms with van der Waals surface area (Å²) >= 11 is 0. The quantitative estimate of drug-likeness (QED) is 0.0396. The van der Waals surface area contributed by atoms with E-state index < -0.39 is 27.7 Å². The maximum atomic E-state index is 12.8. The first-order chi connectivity index (χ1) is 25.5. The van der Waals surface area contributed by atoms with Crippen LogP contribution in [-0.2, 0) is 19.1 Å². The van der Waals surface area contributed by atoms with E-state index in [-0.39, 0.29) is 65.8 Å². The topological polar surface area (TPSA) is 210 Å². The number of non-ortho nitro benzene ring substituents is 2. The highest BCUT2D eigenvalue weighted by Gasteiger charge is 2.32. The van der Waals surface area contributed by atoms with Gasteiger partial charge < -0.3 is 33.2 Å². The number of esters is 2. The summed E-state index contributed by atoms with van der Waals surface area (Å²) in [6.07, 6.45) is 3.61. The molecule has 4 aromatic rings. The number of allylic oxidation sites excluding steroid dienone is 1. The maximum Gasteiger partial charge on any atom is 0.338 e. The van der Waals surface area contributed by atoms with Crippen LogP contribution in [0.25, 0.3) is 17.2 Å². The standard InChI is InChI=1S/C21H19NO9.C16H11NO5/c1-28-20(24)14(4-3-7-23)16-10-13(22(26)27)9-15(19(16)21(25)29-2)12-5-6-17-18(8-12)31-11-30-17;18-14(12-2-1-3-13(9-12)17(19)20)6-4-11-5-7-15-16(8-11)22-10-21-15/h5-10,14H,3-4,11H2,1-2H3;1-9H,10H2. The van der Waals surface area contributed by atoms with Gasteiger partial charge in [-0.15, -0.1) is 0 Å². The van der Waals surface area contributed by atoms with Gasteiger partial charge >= 0.3 is 11.9 Å². The molecule has 0 aromatic heterocycles. The number of benzene rings is 4. The zero-order valence-electron chi connectivity index (χ0n) is 28.2. The minimum absolute atomic E-state index is 0.00190. The molecule has 272 valence electrons. The molecule has 53 heavy (non-hydrogen) atoms. The van der Waals surface area contributed by atoms with Crippen LogP contribution in [0, 0.1) is 20.2 Å². The Morgan fingerprint density at radius 1 is 0.792 bits per heavy atom. The zero-order chi connectivity index (χ0) is 38.1. The third-order valence-electron chi connectivity index (χ3n) is 8.04. The fraction of sp³-hybridized carbons (Fsp3) is 0.189. The molecule has 0 saturated carbocycles. The van der Waals surface area contributed by atoms with Crippen molar-refractivity contribution in [1.82, 2.24) is 0 Å². The van der Waals surface area contributed by atoms with E-state index >= 15 is 0 Å². The van der Waals surface area contributed by atoms with Gasteiger partial charge in [0.1, 0.15) is 6.29 Å². The van der Waals surface area contributed by atoms with E-state index in [4.69, 9.17) is 28.4 Å². The van der Waals surface area contributed by atoms with Gasteiger partial charge in [-0.1, -0.05) is 30.3 Å². The molecule has 0 aliphatic carbocycles. The number of nitro groups is 2. The smallest absolute Gasteiger partial charge is 0.338 e. The Kier molecular flexibility index (Phi) is 11.7. The van der Waals surface area contributed by atoms with Gasteiger partial charge in [0, 0.05) is 41.8 Å². The van der Waals surface area contributed by atoms with E-state index in [9.17, 15) is 39.4 Å². The van der Waals surface area contributed by atoms with Crippen molar-refractivity contribution >= 4 is 41.5 Å². The molecule has 0 fully saturated rings. The molecule has 2 aliphatic heterocycles. The average molecular weight is 727 g/mol. The summed E-state index contributed by atoms with van der Waals surface area (Å²) in [5.74, 6) is -0.716. The number of hydrogen-bond acceptors (Lipinski definition) is 14. The molecule has 2 aliphatic rings. The van der Waals surface area contributed by atoms with Crippen LogP contribution in [0.4, 0.5) is 11.4 Å². The van der Waals surface area contributed by atoms with Crippen LogP contribution in [0.15, 0.2) is 78.9 Å². The lowest BCUT2D eigenvalue weighted by Gasteiger charge is -2.19. The molecular formula is C37H30N2O14. The number of rotatable bonds is 12. The Labute approximate surface area is 300 Å². The number of methoxy groups -OCH3 is 2. The van der Waals surface area contributed by atoms with Crippen LogP contribution >= 0.6 is 0 Å². The van der Waals surface area contributed by atoms with E-state index in [2.05, 4.69) is 0 Å². The second-order valence-electron chi connectivity index (χ2n) is 11.2. The number of nitro benzene ring substituents is 2. The highest BCUT2D eigenvalue weighted by Crippen LogP contribution is 2.41. The predicted molar refractivity (Wildman–Crippen MR) is 185 cm³/mol. The Balaban J connectivity index is 0.000000216. The number of aldehydes is 1. The van der Waals surface area contributed by atoms with Gasteiger partial charge in [-0.2, -0.15) is 0 Å². The number of fused-ring (bicyclic) bond motifs is 2. The van der Waals surface area contributed by atoms with Gasteiger partial charge in [0.2, 0.25) is 13.6 Å². The van der Waals surface area contributed by atoms with Crippen molar-refractivity contribution in [1.29, 1.82) is 0 Å². The first-order valence-corrected chi connectivity index (χ1v) is 15.7. The molecule has 0 saturated heterocycles. The number of ketones is 1. The van der Waals surface area contributed by atoms with Gasteiger partial charge in [-0.25, -0.2) is 4.79 Å². The van der Waals surface area contributed by atoms with Crippen molar-refractivity contribution in [3.05, 3.63) is 121 Å². The zero-order valence-corrected chi connectivity index (χ0v) is 28.2. The van der Waals surface area contributed by atoms with Gasteiger partial charge in [-0.05, 0) is 53.5 Å². The first-order valence-electron chi connectivity index (χ1n) is 15.7. The van der Waals surface area contributed by atoms with Crippen LogP contribution in [0.2, 0.25) is 0 Å². The third-order valence-corrected chi connectivity index (χ3v) is 8.04. The molecule has 0 radical (unpaired) electrons. The third kappa shape index (κ3) is 8.62. The van der Waals surface area contributed by atoms with Crippen LogP contribution in [0.3, 0.4) is 0 Å². The first kappa shape index (κ1) is 37.2. The summed E-state index contributed by atoms with van der Waals surface area (Å²) in [6.45, 7) is 0.216. The minimum atomic E-state index is -1.09. The van der Waals surface area contributed by atoms with Crippen molar-refractivity contribution in [2.75, 3.05) is 27.8 Å². The highest BCUT2D eigenvalue weighted by atomic mass is 16.7. The lowest BCUT2D eigenvalue weighted by molar-refractivity contribution is -0.385. The summed E-state index contributed by atoms with van der Waals surface area (Å²) in [5, 5.41) is 22.3. The molecule has 0 amide bonds. The Morgan fingerprint density at radius 2 is 1.45 bits per heavy atom. The van der Waals surface area contributed by atoms with Gasteiger partial charge in [-0.3, -0.25) is 29.8 Å². The fourth-order valence-electron chi connectivity index (χ4n) is 5.49. The van der Waals surface area contributed by atoms with E-state index in [1.54, 1.807) is 48.5 Å². The van der Waals surface area contributed by atoms with E-state index in [0.717, 1.165) is 25.8 Å². The van der Waals surface area contributed by atoms with Crippen molar-refractivity contribution in [3.63, 3.8) is 0 Å². The normalized spacial score (nSPS) is 12.6. The van der Waals surface area contributed by atoms with Gasteiger partial charge in [0.05, 0.1) is 35.5 Å². The van der Waals surface area contributed by atoms with E-state index in [1.165, 1.54) is 30.3 Å². The number of carbonyl (C=O) groups is 4. The number of hydrogen-bond donors (Lipinski definition) is 0. The van der Waals surface area contributed by atoms with Gasteiger partial charge in [0.25, 0.3) is 11.4 Å². The molecule has 0 spiro atoms. The lowest BCUT2D eigenvalue weighted by atomic mass is 9.85. The average Bonchev–Trinajstić information content (AvgIpc) is 3.86. The molecule has 1 unspecified atom stereocenters. The SMILES string of the molecule is COC(=O)c1c(-c2ccc3c(c2)OCO3)cc([N+](=O)[O-])cc1C(CCC=O)C(=O)OC.O=C(C=Cc1ccc2c(c1)OCO2)c1cccc([N+](=O)[O-])c1. The Bertz CT molecular complexity index is 2130. The minimum Gasteiger partial charge on any atom is -0.469 e. The second kappa shape index (κ2) is 16.7. The van der Waals surface area contributed by atoms with Crippen molar-refractivity contribution in [2.24, 2.45) is 0 Å². The summed E-state index contributed by atoms with van der Waals surface area (Å²) in [7, 11) is 2.32. The molecule has 0 N–H and O–H groups in total. The predicted octanol–water partition coefficient (Wildman–Crippen LogP) is 6.23.